The quantitative estimate of drug-likeness (QED) is 0.295. The minimum absolute atomic E-state index is 0.148. The Kier molecular flexibility index (Phi) is 5.83. The summed E-state index contributed by atoms with van der Waals surface area (Å²) in [5.74, 6) is -4.58. The molecule has 6 rings (SSSR count). The van der Waals surface area contributed by atoms with Crippen LogP contribution >= 0.6 is 0 Å². The van der Waals surface area contributed by atoms with E-state index in [1.165, 1.54) is 6.08 Å². The van der Waals surface area contributed by atoms with Gasteiger partial charge in [0.1, 0.15) is 5.41 Å². The fourth-order valence-electron chi connectivity index (χ4n) is 8.62. The van der Waals surface area contributed by atoms with E-state index < -0.39 is 61.9 Å². The third-order valence-electron chi connectivity index (χ3n) is 10.6. The van der Waals surface area contributed by atoms with E-state index in [9.17, 15) is 15.0 Å². The van der Waals surface area contributed by atoms with Crippen molar-refractivity contribution in [2.75, 3.05) is 0 Å². The molecule has 0 amide bonds. The normalized spacial score (nSPS) is 39.7. The summed E-state index contributed by atoms with van der Waals surface area (Å²) in [6, 6.07) is 8.56. The lowest BCUT2D eigenvalue weighted by Crippen LogP contribution is -2.80. The molecular weight excluding hydrogens is 492 g/mol. The number of carbonyl (C=O) groups is 3. The maximum Gasteiger partial charge on any atom is 0.195 e. The monoisotopic (exact) mass is 534 g/mol. The molecule has 6 atom stereocenters. The molecule has 2 N–H and O–H groups in total. The van der Waals surface area contributed by atoms with Crippen molar-refractivity contribution in [3.8, 4) is 0 Å². The first-order valence-electron chi connectivity index (χ1n) is 14.0. The van der Waals surface area contributed by atoms with E-state index in [0.717, 1.165) is 5.57 Å². The third kappa shape index (κ3) is 3.17. The summed E-state index contributed by atoms with van der Waals surface area (Å²) in [5.41, 5.74) is -7.31. The van der Waals surface area contributed by atoms with Gasteiger partial charge in [0.25, 0.3) is 0 Å². The molecule has 5 aliphatic rings. The molecule has 1 aromatic rings. The Morgan fingerprint density at radius 3 is 2.26 bits per heavy atom. The van der Waals surface area contributed by atoms with Crippen LogP contribution in [0.3, 0.4) is 0 Å². The van der Waals surface area contributed by atoms with Crippen LogP contribution < -0.4 is 0 Å². The minimum Gasteiger partial charge on any atom is -0.386 e. The molecule has 210 valence electrons. The molecule has 6 heteroatoms. The molecule has 4 saturated carbocycles. The van der Waals surface area contributed by atoms with E-state index in [2.05, 4.69) is 0 Å². The highest BCUT2D eigenvalue weighted by Gasteiger charge is 2.91. The van der Waals surface area contributed by atoms with Gasteiger partial charge in [0.05, 0.1) is 16.6 Å². The van der Waals surface area contributed by atoms with Crippen LogP contribution in [-0.4, -0.2) is 44.6 Å². The van der Waals surface area contributed by atoms with Gasteiger partial charge >= 0.3 is 0 Å². The topological polar surface area (TPSA) is 101 Å². The van der Waals surface area contributed by atoms with Gasteiger partial charge < -0.3 is 14.9 Å². The Morgan fingerprint density at radius 2 is 1.69 bits per heavy atom. The number of benzene rings is 1. The Labute approximate surface area is 231 Å². The van der Waals surface area contributed by atoms with E-state index in [-0.39, 0.29) is 12.3 Å². The summed E-state index contributed by atoms with van der Waals surface area (Å²) in [6.07, 6.45) is 5.98. The van der Waals surface area contributed by atoms with Gasteiger partial charge in [-0.1, -0.05) is 68.0 Å². The fourth-order valence-corrected chi connectivity index (χ4v) is 8.62. The molecule has 1 heterocycles. The largest absolute Gasteiger partial charge is 0.386 e. The molecule has 0 aromatic heterocycles. The highest BCUT2D eigenvalue weighted by molar-refractivity contribution is 6.34. The van der Waals surface area contributed by atoms with Crippen molar-refractivity contribution in [1.82, 2.24) is 0 Å². The molecule has 1 unspecified atom stereocenters. The maximum absolute atomic E-state index is 15.4. The van der Waals surface area contributed by atoms with Crippen LogP contribution in [0.4, 0.5) is 0 Å². The second-order valence-electron chi connectivity index (χ2n) is 14.3. The lowest BCUT2D eigenvalue weighted by molar-refractivity contribution is -0.318. The zero-order valence-electron chi connectivity index (χ0n) is 24.4. The van der Waals surface area contributed by atoms with E-state index in [4.69, 9.17) is 4.74 Å². The van der Waals surface area contributed by atoms with Crippen LogP contribution in [-0.2, 0) is 14.3 Å². The number of hydrogen-bond donors (Lipinski definition) is 2. The zero-order chi connectivity index (χ0) is 29.0. The van der Waals surface area contributed by atoms with Gasteiger partial charge in [-0.15, -0.1) is 0 Å². The summed E-state index contributed by atoms with van der Waals surface area (Å²) in [4.78, 5) is 45.3. The van der Waals surface area contributed by atoms with Crippen LogP contribution in [0.15, 0.2) is 54.1 Å². The van der Waals surface area contributed by atoms with Crippen molar-refractivity contribution in [3.05, 3.63) is 59.7 Å². The van der Waals surface area contributed by atoms with Crippen molar-refractivity contribution < 1.29 is 29.3 Å². The number of aliphatic hydroxyl groups is 2. The highest BCUT2D eigenvalue weighted by Crippen LogP contribution is 2.80. The summed E-state index contributed by atoms with van der Waals surface area (Å²) < 4.78 is 6.56. The summed E-state index contributed by atoms with van der Waals surface area (Å²) in [6.45, 7) is 14.5. The van der Waals surface area contributed by atoms with Gasteiger partial charge in [-0.2, -0.15) is 0 Å². The van der Waals surface area contributed by atoms with Gasteiger partial charge in [0, 0.05) is 11.5 Å². The minimum atomic E-state index is -2.19. The molecule has 6 nitrogen and oxygen atoms in total. The molecule has 1 aromatic carbocycles. The SMILES string of the molecule is CC(C)=CC[C@]12C[C@H]3C[C@@H]4C(C)(C)O[C@@]1(O)C4(/C=C/C(C)(C)O)C(=O)[C@](C(=O)c1ccccc1)(C2=O)C3(C)C. The summed E-state index contributed by atoms with van der Waals surface area (Å²) in [7, 11) is 0. The number of rotatable bonds is 6. The first-order valence-corrected chi connectivity index (χ1v) is 14.0. The Hall–Kier alpha value is -2.41. The molecule has 39 heavy (non-hydrogen) atoms. The van der Waals surface area contributed by atoms with Crippen LogP contribution in [0.25, 0.3) is 0 Å². The summed E-state index contributed by atoms with van der Waals surface area (Å²) in [5, 5.41) is 23.7. The van der Waals surface area contributed by atoms with Crippen LogP contribution in [0.5, 0.6) is 0 Å². The Balaban J connectivity index is 1.96. The molecule has 4 aliphatic carbocycles. The number of carbonyl (C=O) groups excluding carboxylic acids is 3. The summed E-state index contributed by atoms with van der Waals surface area (Å²) >= 11 is 0. The smallest absolute Gasteiger partial charge is 0.195 e. The second kappa shape index (κ2) is 8.08. The van der Waals surface area contributed by atoms with Crippen molar-refractivity contribution in [2.24, 2.45) is 33.5 Å². The predicted octanol–water partition coefficient (Wildman–Crippen LogP) is 5.23. The fraction of sp³-hybridized carbons (Fsp3) is 0.606. The van der Waals surface area contributed by atoms with Crippen molar-refractivity contribution in [3.63, 3.8) is 0 Å². The Bertz CT molecular complexity index is 1310. The van der Waals surface area contributed by atoms with Crippen LogP contribution in [0.2, 0.25) is 0 Å². The average Bonchev–Trinajstić information content (AvgIpc) is 2.92. The number of ether oxygens (including phenoxy) is 1. The molecule has 0 spiro atoms. The zero-order valence-corrected chi connectivity index (χ0v) is 24.4. The lowest BCUT2D eigenvalue weighted by atomic mass is 9.35. The van der Waals surface area contributed by atoms with Crippen molar-refractivity contribution in [1.29, 1.82) is 0 Å². The van der Waals surface area contributed by atoms with Crippen LogP contribution in [0.1, 0.15) is 85.0 Å². The van der Waals surface area contributed by atoms with Crippen molar-refractivity contribution in [2.45, 2.75) is 91.6 Å². The molecule has 5 fully saturated rings. The first kappa shape index (κ1) is 28.1. The number of ketones is 3. The van der Waals surface area contributed by atoms with Gasteiger partial charge in [-0.05, 0) is 72.1 Å². The molecule has 1 saturated heterocycles. The van der Waals surface area contributed by atoms with Gasteiger partial charge in [-0.3, -0.25) is 14.4 Å². The molecular formula is C33H42O6. The van der Waals surface area contributed by atoms with E-state index in [1.807, 2.05) is 47.6 Å². The standard InChI is InChI=1S/C33H42O6/c1-20(2)14-15-30-19-22-18-23-29(7,8)39-33(30,38)31(23,17-16-27(3,4)37)26(36)32(25(30)35,28(22,5)6)24(34)21-12-10-9-11-13-21/h9-14,16-17,22-23,37-38H,15,18-19H2,1-8H3/b17-16+/t22-,23-,30-,31?,32+,33-/m1/s1. The Morgan fingerprint density at radius 1 is 1.08 bits per heavy atom. The number of hydrogen-bond acceptors (Lipinski definition) is 6. The molecule has 0 radical (unpaired) electrons. The van der Waals surface area contributed by atoms with Gasteiger partial charge in [-0.25, -0.2) is 0 Å². The number of allylic oxidation sites excluding steroid dienone is 2. The van der Waals surface area contributed by atoms with Crippen LogP contribution in [0, 0.1) is 33.5 Å². The van der Waals surface area contributed by atoms with Gasteiger partial charge in [0.15, 0.2) is 28.6 Å². The van der Waals surface area contributed by atoms with E-state index >= 15 is 9.59 Å². The molecule has 1 aliphatic heterocycles. The lowest BCUT2D eigenvalue weighted by Gasteiger charge is -2.65. The third-order valence-corrected chi connectivity index (χ3v) is 10.6. The van der Waals surface area contributed by atoms with Crippen molar-refractivity contribution >= 4 is 17.3 Å². The van der Waals surface area contributed by atoms with E-state index in [1.54, 1.807) is 50.3 Å². The maximum atomic E-state index is 15.4. The predicted molar refractivity (Wildman–Crippen MR) is 148 cm³/mol. The van der Waals surface area contributed by atoms with Gasteiger partial charge in [0.2, 0.25) is 0 Å². The first-order chi connectivity index (χ1) is 17.9. The van der Waals surface area contributed by atoms with E-state index in [0.29, 0.717) is 18.4 Å². The molecule has 6 bridgehead atoms. The number of Topliss-reactive ketones (excluding diaryl/α,β-unsaturated/α-hetero) is 3. The highest BCUT2D eigenvalue weighted by atomic mass is 16.7. The second-order valence-corrected chi connectivity index (χ2v) is 14.3. The average molecular weight is 535 g/mol.